The molecule has 0 saturated heterocycles. The summed E-state index contributed by atoms with van der Waals surface area (Å²) in [4.78, 5) is 22.6. The normalized spacial score (nSPS) is 25.5. The highest BCUT2D eigenvalue weighted by Crippen LogP contribution is 2.43. The van der Waals surface area contributed by atoms with E-state index < -0.39 is 11.2 Å². The molecule has 3 atom stereocenters. The summed E-state index contributed by atoms with van der Waals surface area (Å²) in [5.41, 5.74) is 1.08. The van der Waals surface area contributed by atoms with Crippen LogP contribution in [0.2, 0.25) is 0 Å². The average molecular weight is 323 g/mol. The molecule has 0 bridgehead atoms. The molecule has 0 N–H and O–H groups in total. The van der Waals surface area contributed by atoms with E-state index in [1.165, 1.54) is 5.56 Å². The van der Waals surface area contributed by atoms with Crippen molar-refractivity contribution in [2.75, 3.05) is 0 Å². The van der Waals surface area contributed by atoms with Gasteiger partial charge in [0.25, 0.3) is 0 Å². The minimum Gasteiger partial charge on any atom is -0.455 e. The van der Waals surface area contributed by atoms with Crippen molar-refractivity contribution < 1.29 is 14.3 Å². The summed E-state index contributed by atoms with van der Waals surface area (Å²) >= 11 is 5.25. The SMILES string of the molecule is C[C@@H]1CC[C@H](C(C)(C)c2ccccc2)[C@H](OC(=O)C(=O)Cl)C1. The molecule has 2 rings (SSSR count). The van der Waals surface area contributed by atoms with Gasteiger partial charge in [-0.15, -0.1) is 0 Å². The Morgan fingerprint density at radius 1 is 1.18 bits per heavy atom. The second kappa shape index (κ2) is 6.82. The number of rotatable bonds is 4. The quantitative estimate of drug-likeness (QED) is 0.476. The van der Waals surface area contributed by atoms with Gasteiger partial charge in [-0.25, -0.2) is 4.79 Å². The van der Waals surface area contributed by atoms with E-state index >= 15 is 0 Å². The Labute approximate surface area is 137 Å². The van der Waals surface area contributed by atoms with Crippen molar-refractivity contribution in [3.63, 3.8) is 0 Å². The Kier molecular flexibility index (Phi) is 5.28. The van der Waals surface area contributed by atoms with Gasteiger partial charge in [0.2, 0.25) is 0 Å². The molecule has 0 aliphatic heterocycles. The zero-order chi connectivity index (χ0) is 16.3. The molecule has 1 aromatic carbocycles. The molecule has 0 radical (unpaired) electrons. The number of benzene rings is 1. The van der Waals surface area contributed by atoms with Gasteiger partial charge in [-0.2, -0.15) is 0 Å². The maximum atomic E-state index is 11.6. The molecule has 120 valence electrons. The second-order valence-electron chi connectivity index (χ2n) is 6.83. The van der Waals surface area contributed by atoms with Crippen LogP contribution < -0.4 is 0 Å². The first kappa shape index (κ1) is 17.0. The fourth-order valence-electron chi connectivity index (χ4n) is 3.55. The van der Waals surface area contributed by atoms with Gasteiger partial charge in [0.1, 0.15) is 6.10 Å². The summed E-state index contributed by atoms with van der Waals surface area (Å²) in [6.07, 6.45) is 2.58. The summed E-state index contributed by atoms with van der Waals surface area (Å²) in [5.74, 6) is -0.285. The molecule has 4 heteroatoms. The Morgan fingerprint density at radius 3 is 2.41 bits per heavy atom. The summed E-state index contributed by atoms with van der Waals surface area (Å²) in [6.45, 7) is 6.49. The summed E-state index contributed by atoms with van der Waals surface area (Å²) in [7, 11) is 0. The van der Waals surface area contributed by atoms with Gasteiger partial charge in [-0.3, -0.25) is 4.79 Å². The third kappa shape index (κ3) is 3.70. The van der Waals surface area contributed by atoms with Gasteiger partial charge in [0.15, 0.2) is 0 Å². The minimum atomic E-state index is -1.05. The summed E-state index contributed by atoms with van der Waals surface area (Å²) in [6, 6.07) is 10.2. The second-order valence-corrected chi connectivity index (χ2v) is 7.17. The number of esters is 1. The average Bonchev–Trinajstić information content (AvgIpc) is 2.47. The van der Waals surface area contributed by atoms with Crippen molar-refractivity contribution in [2.24, 2.45) is 11.8 Å². The summed E-state index contributed by atoms with van der Waals surface area (Å²) < 4.78 is 5.42. The lowest BCUT2D eigenvalue weighted by Crippen LogP contribution is -2.44. The predicted octanol–water partition coefficient (Wildman–Crippen LogP) is 4.08. The van der Waals surface area contributed by atoms with Crippen LogP contribution in [0.25, 0.3) is 0 Å². The van der Waals surface area contributed by atoms with Gasteiger partial charge in [-0.1, -0.05) is 57.5 Å². The van der Waals surface area contributed by atoms with Crippen LogP contribution in [-0.4, -0.2) is 17.3 Å². The molecule has 1 fully saturated rings. The zero-order valence-electron chi connectivity index (χ0n) is 13.3. The first-order valence-electron chi connectivity index (χ1n) is 7.78. The van der Waals surface area contributed by atoms with E-state index in [0.29, 0.717) is 5.92 Å². The van der Waals surface area contributed by atoms with Gasteiger partial charge in [0.05, 0.1) is 0 Å². The van der Waals surface area contributed by atoms with E-state index in [0.717, 1.165) is 19.3 Å². The minimum absolute atomic E-state index is 0.137. The third-order valence-electron chi connectivity index (χ3n) is 4.92. The molecule has 1 aromatic rings. The van der Waals surface area contributed by atoms with E-state index in [1.807, 2.05) is 18.2 Å². The fourth-order valence-corrected chi connectivity index (χ4v) is 3.59. The predicted molar refractivity (Wildman–Crippen MR) is 86.7 cm³/mol. The number of halogens is 1. The highest BCUT2D eigenvalue weighted by atomic mass is 35.5. The number of carbonyl (C=O) groups is 2. The van der Waals surface area contributed by atoms with E-state index in [9.17, 15) is 9.59 Å². The van der Waals surface area contributed by atoms with Gasteiger partial charge in [0, 0.05) is 5.92 Å². The highest BCUT2D eigenvalue weighted by molar-refractivity contribution is 6.80. The van der Waals surface area contributed by atoms with E-state index in [4.69, 9.17) is 16.3 Å². The molecule has 3 nitrogen and oxygen atoms in total. The standard InChI is InChI=1S/C18H23ClO3/c1-12-9-10-14(15(11-12)22-17(21)16(19)20)18(2,3)13-7-5-4-6-8-13/h4-8,12,14-15H,9-11H2,1-3H3/t12-,14+,15-/m1/s1. The number of ether oxygens (including phenoxy) is 1. The molecular formula is C18H23ClO3. The van der Waals surface area contributed by atoms with Crippen LogP contribution in [0.5, 0.6) is 0 Å². The lowest BCUT2D eigenvalue weighted by Gasteiger charge is -2.43. The summed E-state index contributed by atoms with van der Waals surface area (Å²) in [5, 5.41) is -1.05. The lowest BCUT2D eigenvalue weighted by molar-refractivity contribution is -0.160. The molecular weight excluding hydrogens is 300 g/mol. The van der Waals surface area contributed by atoms with Crippen LogP contribution in [0.3, 0.4) is 0 Å². The van der Waals surface area contributed by atoms with Crippen LogP contribution in [0, 0.1) is 11.8 Å². The number of hydrogen-bond acceptors (Lipinski definition) is 3. The van der Waals surface area contributed by atoms with Crippen molar-refractivity contribution in [1.29, 1.82) is 0 Å². The molecule has 1 aliphatic rings. The molecule has 0 unspecified atom stereocenters. The fraction of sp³-hybridized carbons (Fsp3) is 0.556. The van der Waals surface area contributed by atoms with Crippen LogP contribution >= 0.6 is 11.6 Å². The monoisotopic (exact) mass is 322 g/mol. The Balaban J connectivity index is 2.25. The van der Waals surface area contributed by atoms with Gasteiger partial charge >= 0.3 is 11.2 Å². The first-order valence-corrected chi connectivity index (χ1v) is 8.16. The van der Waals surface area contributed by atoms with Crippen molar-refractivity contribution >= 4 is 22.8 Å². The Morgan fingerprint density at radius 2 is 1.82 bits per heavy atom. The molecule has 0 aromatic heterocycles. The van der Waals surface area contributed by atoms with Crippen molar-refractivity contribution in [2.45, 2.75) is 51.6 Å². The lowest BCUT2D eigenvalue weighted by atomic mass is 9.64. The molecule has 0 spiro atoms. The topological polar surface area (TPSA) is 43.4 Å². The van der Waals surface area contributed by atoms with Crippen molar-refractivity contribution in [3.05, 3.63) is 35.9 Å². The number of hydrogen-bond donors (Lipinski definition) is 0. The highest BCUT2D eigenvalue weighted by Gasteiger charge is 2.42. The van der Waals surface area contributed by atoms with Gasteiger partial charge in [-0.05, 0) is 41.3 Å². The zero-order valence-corrected chi connectivity index (χ0v) is 14.1. The van der Waals surface area contributed by atoms with E-state index in [2.05, 4.69) is 32.9 Å². The van der Waals surface area contributed by atoms with Crippen LogP contribution in [0.15, 0.2) is 30.3 Å². The molecule has 22 heavy (non-hydrogen) atoms. The Bertz CT molecular complexity index is 539. The molecule has 0 heterocycles. The van der Waals surface area contributed by atoms with E-state index in [-0.39, 0.29) is 17.4 Å². The molecule has 1 saturated carbocycles. The smallest absolute Gasteiger partial charge is 0.391 e. The van der Waals surface area contributed by atoms with E-state index in [1.54, 1.807) is 0 Å². The maximum Gasteiger partial charge on any atom is 0.391 e. The van der Waals surface area contributed by atoms with Crippen molar-refractivity contribution in [3.8, 4) is 0 Å². The van der Waals surface area contributed by atoms with Crippen molar-refractivity contribution in [1.82, 2.24) is 0 Å². The van der Waals surface area contributed by atoms with Crippen LogP contribution in [0.1, 0.15) is 45.6 Å². The third-order valence-corrected chi connectivity index (χ3v) is 5.07. The molecule has 1 aliphatic carbocycles. The maximum absolute atomic E-state index is 11.6. The Hall–Kier alpha value is -1.35. The largest absolute Gasteiger partial charge is 0.455 e. The molecule has 0 amide bonds. The van der Waals surface area contributed by atoms with Crippen LogP contribution in [-0.2, 0) is 19.7 Å². The van der Waals surface area contributed by atoms with Crippen LogP contribution in [0.4, 0.5) is 0 Å². The first-order chi connectivity index (χ1) is 10.3. The number of carbonyl (C=O) groups excluding carboxylic acids is 2. The van der Waals surface area contributed by atoms with Gasteiger partial charge < -0.3 is 4.74 Å².